The summed E-state index contributed by atoms with van der Waals surface area (Å²) < 4.78 is 12.9. The number of nitrogens with one attached hydrogen (secondary N) is 1. The molecule has 5 rings (SSSR count). The van der Waals surface area contributed by atoms with E-state index in [2.05, 4.69) is 25.5 Å². The molecule has 0 atom stereocenters. The lowest BCUT2D eigenvalue weighted by molar-refractivity contribution is 0.102. The van der Waals surface area contributed by atoms with Gasteiger partial charge in [-0.25, -0.2) is 14.6 Å². The van der Waals surface area contributed by atoms with Crippen molar-refractivity contribution in [3.63, 3.8) is 0 Å². The van der Waals surface area contributed by atoms with E-state index in [1.165, 1.54) is 0 Å². The maximum absolute atomic E-state index is 13.3. The van der Waals surface area contributed by atoms with E-state index in [1.54, 1.807) is 25.4 Å². The number of amides is 1. The number of furan rings is 1. The highest BCUT2D eigenvalue weighted by atomic mass is 16.5. The molecule has 5 aromatic heterocycles. The van der Waals surface area contributed by atoms with Crippen molar-refractivity contribution in [3.8, 4) is 11.3 Å². The number of carbonyl (C=O) groups is 1. The van der Waals surface area contributed by atoms with Crippen molar-refractivity contribution in [2.45, 2.75) is 40.7 Å². The first-order chi connectivity index (χ1) is 15.3. The second-order valence-corrected chi connectivity index (χ2v) is 8.10. The van der Waals surface area contributed by atoms with Crippen molar-refractivity contribution in [2.24, 2.45) is 0 Å². The smallest absolute Gasteiger partial charge is 0.259 e. The third-order valence-corrected chi connectivity index (χ3v) is 5.36. The maximum atomic E-state index is 13.3. The highest BCUT2D eigenvalue weighted by Gasteiger charge is 2.21. The van der Waals surface area contributed by atoms with E-state index >= 15 is 0 Å². The van der Waals surface area contributed by atoms with Gasteiger partial charge in [0.1, 0.15) is 11.5 Å². The standard InChI is InChI=1S/C23H22N6O3/c1-11(2)29-21-15(9-25-29)7-16(10-24-21)26-22(30)18-8-19(17-6-12(3)31-14(17)5)27-23-20(18)13(4)28-32-23/h6-11H,1-5H3,(H,26,30). The number of rotatable bonds is 4. The van der Waals surface area contributed by atoms with Gasteiger partial charge in [0.25, 0.3) is 11.6 Å². The number of hydrogen-bond donors (Lipinski definition) is 1. The van der Waals surface area contributed by atoms with Crippen LogP contribution in [0.5, 0.6) is 0 Å². The van der Waals surface area contributed by atoms with Crippen LogP contribution in [-0.4, -0.2) is 30.8 Å². The predicted molar refractivity (Wildman–Crippen MR) is 120 cm³/mol. The average Bonchev–Trinajstić information content (AvgIpc) is 3.43. The molecular weight excluding hydrogens is 408 g/mol. The van der Waals surface area contributed by atoms with Gasteiger partial charge in [-0.05, 0) is 52.8 Å². The van der Waals surface area contributed by atoms with Gasteiger partial charge in [0.2, 0.25) is 0 Å². The van der Waals surface area contributed by atoms with Crippen molar-refractivity contribution in [1.82, 2.24) is 24.9 Å². The SMILES string of the molecule is Cc1cc(-c2cc(C(=O)Nc3cnc4c(cnn4C(C)C)c3)c3c(C)noc3n2)c(C)o1. The Balaban J connectivity index is 1.56. The predicted octanol–water partition coefficient (Wildman–Crippen LogP) is 4.99. The number of nitrogens with zero attached hydrogens (tertiary/aromatic N) is 5. The lowest BCUT2D eigenvalue weighted by Crippen LogP contribution is -2.13. The molecule has 5 heterocycles. The Hall–Kier alpha value is -4.01. The Morgan fingerprint density at radius 3 is 2.66 bits per heavy atom. The molecule has 0 unspecified atom stereocenters. The van der Waals surface area contributed by atoms with E-state index in [0.717, 1.165) is 22.4 Å². The fourth-order valence-corrected chi connectivity index (χ4v) is 3.88. The van der Waals surface area contributed by atoms with Crippen LogP contribution in [-0.2, 0) is 0 Å². The van der Waals surface area contributed by atoms with Crippen LogP contribution in [0.25, 0.3) is 33.4 Å². The van der Waals surface area contributed by atoms with Crippen molar-refractivity contribution >= 4 is 33.7 Å². The Morgan fingerprint density at radius 1 is 1.12 bits per heavy atom. The minimum absolute atomic E-state index is 0.190. The van der Waals surface area contributed by atoms with Crippen LogP contribution in [0.4, 0.5) is 5.69 Å². The number of carbonyl (C=O) groups excluding carboxylic acids is 1. The summed E-state index contributed by atoms with van der Waals surface area (Å²) in [6, 6.07) is 5.67. The Kier molecular flexibility index (Phi) is 4.54. The largest absolute Gasteiger partial charge is 0.466 e. The summed E-state index contributed by atoms with van der Waals surface area (Å²) in [6.45, 7) is 9.59. The highest BCUT2D eigenvalue weighted by Crippen LogP contribution is 2.31. The highest BCUT2D eigenvalue weighted by molar-refractivity contribution is 6.13. The molecule has 0 aliphatic rings. The summed E-state index contributed by atoms with van der Waals surface area (Å²) in [7, 11) is 0. The summed E-state index contributed by atoms with van der Waals surface area (Å²) >= 11 is 0. The first-order valence-corrected chi connectivity index (χ1v) is 10.3. The monoisotopic (exact) mass is 430 g/mol. The van der Waals surface area contributed by atoms with Crippen molar-refractivity contribution < 1.29 is 13.7 Å². The third kappa shape index (κ3) is 3.22. The molecule has 0 bridgehead atoms. The van der Waals surface area contributed by atoms with E-state index < -0.39 is 0 Å². The molecule has 0 fully saturated rings. The zero-order valence-electron chi connectivity index (χ0n) is 18.4. The van der Waals surface area contributed by atoms with Crippen LogP contribution in [0.3, 0.4) is 0 Å². The van der Waals surface area contributed by atoms with Gasteiger partial charge in [-0.15, -0.1) is 0 Å². The van der Waals surface area contributed by atoms with Gasteiger partial charge in [-0.2, -0.15) is 5.10 Å². The molecule has 0 aliphatic carbocycles. The summed E-state index contributed by atoms with van der Waals surface area (Å²) in [6.07, 6.45) is 3.37. The van der Waals surface area contributed by atoms with Crippen molar-refractivity contribution in [1.29, 1.82) is 0 Å². The van der Waals surface area contributed by atoms with Crippen LogP contribution < -0.4 is 5.32 Å². The Bertz CT molecular complexity index is 1490. The van der Waals surface area contributed by atoms with E-state index in [9.17, 15) is 4.79 Å². The summed E-state index contributed by atoms with van der Waals surface area (Å²) in [5.74, 6) is 1.18. The van der Waals surface area contributed by atoms with E-state index in [-0.39, 0.29) is 11.9 Å². The van der Waals surface area contributed by atoms with Crippen molar-refractivity contribution in [2.75, 3.05) is 5.32 Å². The zero-order valence-corrected chi connectivity index (χ0v) is 18.4. The van der Waals surface area contributed by atoms with Crippen LogP contribution in [0, 0.1) is 20.8 Å². The van der Waals surface area contributed by atoms with E-state index in [0.29, 0.717) is 39.5 Å². The number of anilines is 1. The number of pyridine rings is 2. The van der Waals surface area contributed by atoms with Gasteiger partial charge in [-0.1, -0.05) is 5.16 Å². The molecule has 162 valence electrons. The quantitative estimate of drug-likeness (QED) is 0.428. The van der Waals surface area contributed by atoms with E-state index in [4.69, 9.17) is 8.94 Å². The van der Waals surface area contributed by atoms with Crippen LogP contribution >= 0.6 is 0 Å². The van der Waals surface area contributed by atoms with Crippen molar-refractivity contribution in [3.05, 3.63) is 53.4 Å². The van der Waals surface area contributed by atoms with E-state index in [1.807, 2.05) is 44.5 Å². The molecule has 32 heavy (non-hydrogen) atoms. The lowest BCUT2D eigenvalue weighted by Gasteiger charge is -2.09. The van der Waals surface area contributed by atoms with Crippen LogP contribution in [0.15, 0.2) is 39.5 Å². The fourth-order valence-electron chi connectivity index (χ4n) is 3.88. The lowest BCUT2D eigenvalue weighted by atomic mass is 10.1. The molecule has 1 amide bonds. The fraction of sp³-hybridized carbons (Fsp3) is 0.261. The molecule has 0 saturated carbocycles. The summed E-state index contributed by atoms with van der Waals surface area (Å²) in [5, 5.41) is 12.7. The minimum Gasteiger partial charge on any atom is -0.466 e. The van der Waals surface area contributed by atoms with Gasteiger partial charge >= 0.3 is 0 Å². The molecule has 0 saturated heterocycles. The molecule has 9 heteroatoms. The zero-order chi connectivity index (χ0) is 22.6. The topological polar surface area (TPSA) is 112 Å². The minimum atomic E-state index is -0.305. The number of aromatic nitrogens is 5. The van der Waals surface area contributed by atoms with Gasteiger partial charge in [-0.3, -0.25) is 4.79 Å². The molecule has 0 aromatic carbocycles. The third-order valence-electron chi connectivity index (χ3n) is 5.36. The number of hydrogen-bond acceptors (Lipinski definition) is 7. The van der Waals surface area contributed by atoms with Gasteiger partial charge in [0.05, 0.1) is 40.4 Å². The first-order valence-electron chi connectivity index (χ1n) is 10.3. The van der Waals surface area contributed by atoms with Crippen LogP contribution in [0.1, 0.15) is 47.5 Å². The molecule has 0 aliphatic heterocycles. The second-order valence-electron chi connectivity index (χ2n) is 8.10. The second kappa shape index (κ2) is 7.30. The molecule has 0 spiro atoms. The average molecular weight is 430 g/mol. The maximum Gasteiger partial charge on any atom is 0.259 e. The molecular formula is C23H22N6O3. The number of aryl methyl sites for hydroxylation is 3. The first kappa shape index (κ1) is 19.9. The Morgan fingerprint density at radius 2 is 1.94 bits per heavy atom. The van der Waals surface area contributed by atoms with Gasteiger partial charge in [0, 0.05) is 17.0 Å². The molecule has 5 aromatic rings. The Labute approximate surface area is 183 Å². The normalized spacial score (nSPS) is 11.7. The molecule has 0 radical (unpaired) electrons. The van der Waals surface area contributed by atoms with Gasteiger partial charge in [0.15, 0.2) is 5.65 Å². The van der Waals surface area contributed by atoms with Crippen LogP contribution in [0.2, 0.25) is 0 Å². The number of fused-ring (bicyclic) bond motifs is 2. The van der Waals surface area contributed by atoms with Gasteiger partial charge < -0.3 is 14.3 Å². The molecule has 1 N–H and O–H groups in total. The molecule has 9 nitrogen and oxygen atoms in total. The summed E-state index contributed by atoms with van der Waals surface area (Å²) in [4.78, 5) is 22.4. The summed E-state index contributed by atoms with van der Waals surface area (Å²) in [5.41, 5.74) is 4.04.